The maximum absolute atomic E-state index is 12.3. The van der Waals surface area contributed by atoms with Gasteiger partial charge in [0.1, 0.15) is 11.4 Å². The number of amides is 1. The molecule has 5 nitrogen and oxygen atoms in total. The van der Waals surface area contributed by atoms with Gasteiger partial charge in [0.25, 0.3) is 5.91 Å². The van der Waals surface area contributed by atoms with E-state index in [-0.39, 0.29) is 5.91 Å². The summed E-state index contributed by atoms with van der Waals surface area (Å²) in [7, 11) is 1.63. The molecule has 5 heteroatoms. The largest absolute Gasteiger partial charge is 0.497 e. The molecular formula is C20H19N3O2. The molecule has 0 aliphatic rings. The summed E-state index contributed by atoms with van der Waals surface area (Å²) in [6, 6.07) is 18.7. The van der Waals surface area contributed by atoms with Gasteiger partial charge in [0.15, 0.2) is 0 Å². The number of pyridine rings is 1. The van der Waals surface area contributed by atoms with E-state index in [4.69, 9.17) is 4.74 Å². The molecule has 3 aromatic rings. The second kappa shape index (κ2) is 7.49. The smallest absolute Gasteiger partial charge is 0.274 e. The fraction of sp³-hybridized carbons (Fsp3) is 0.100. The Balaban J connectivity index is 1.68. The van der Waals surface area contributed by atoms with E-state index in [1.165, 1.54) is 0 Å². The lowest BCUT2D eigenvalue weighted by molar-refractivity contribution is 0.102. The zero-order valence-corrected chi connectivity index (χ0v) is 14.1. The number of anilines is 3. The van der Waals surface area contributed by atoms with Gasteiger partial charge in [0, 0.05) is 17.4 Å². The number of ether oxygens (including phenoxy) is 1. The highest BCUT2D eigenvalue weighted by Gasteiger charge is 2.08. The van der Waals surface area contributed by atoms with Crippen molar-refractivity contribution in [3.63, 3.8) is 0 Å². The molecule has 0 fully saturated rings. The molecule has 3 rings (SSSR count). The minimum absolute atomic E-state index is 0.237. The third-order valence-corrected chi connectivity index (χ3v) is 3.63. The molecule has 0 aliphatic carbocycles. The van der Waals surface area contributed by atoms with Crippen molar-refractivity contribution in [2.45, 2.75) is 6.92 Å². The highest BCUT2D eigenvalue weighted by atomic mass is 16.5. The highest BCUT2D eigenvalue weighted by Crippen LogP contribution is 2.21. The fourth-order valence-electron chi connectivity index (χ4n) is 2.39. The van der Waals surface area contributed by atoms with Crippen LogP contribution in [0.3, 0.4) is 0 Å². The number of aromatic nitrogens is 1. The van der Waals surface area contributed by atoms with E-state index in [0.29, 0.717) is 5.69 Å². The molecule has 0 unspecified atom stereocenters. The molecule has 0 atom stereocenters. The molecule has 0 radical (unpaired) electrons. The third kappa shape index (κ3) is 4.35. The van der Waals surface area contributed by atoms with Crippen molar-refractivity contribution in [1.82, 2.24) is 4.98 Å². The number of aryl methyl sites for hydroxylation is 1. The van der Waals surface area contributed by atoms with Gasteiger partial charge in [-0.1, -0.05) is 18.2 Å². The number of rotatable bonds is 5. The number of benzene rings is 2. The van der Waals surface area contributed by atoms with Crippen LogP contribution in [-0.4, -0.2) is 18.0 Å². The molecule has 0 spiro atoms. The summed E-state index contributed by atoms with van der Waals surface area (Å²) in [5, 5.41) is 6.07. The monoisotopic (exact) mass is 333 g/mol. The summed E-state index contributed by atoms with van der Waals surface area (Å²) < 4.78 is 5.20. The first kappa shape index (κ1) is 16.5. The van der Waals surface area contributed by atoms with Crippen molar-refractivity contribution in [2.75, 3.05) is 17.7 Å². The molecule has 126 valence electrons. The minimum atomic E-state index is -0.237. The van der Waals surface area contributed by atoms with Crippen molar-refractivity contribution in [2.24, 2.45) is 0 Å². The van der Waals surface area contributed by atoms with Gasteiger partial charge >= 0.3 is 0 Å². The summed E-state index contributed by atoms with van der Waals surface area (Å²) in [5.41, 5.74) is 3.88. The van der Waals surface area contributed by atoms with E-state index >= 15 is 0 Å². The van der Waals surface area contributed by atoms with E-state index in [1.807, 2.05) is 61.5 Å². The van der Waals surface area contributed by atoms with Gasteiger partial charge in [-0.3, -0.25) is 4.79 Å². The van der Waals surface area contributed by atoms with Crippen molar-refractivity contribution in [3.05, 3.63) is 78.1 Å². The number of nitrogens with one attached hydrogen (secondary N) is 2. The van der Waals surface area contributed by atoms with E-state index in [2.05, 4.69) is 15.6 Å². The Morgan fingerprint density at radius 3 is 2.48 bits per heavy atom. The molecule has 1 heterocycles. The molecular weight excluding hydrogens is 314 g/mol. The standard InChI is InChI=1S/C20H19N3O2/c1-14-5-3-6-15(11-14)23-20(24)19-10-9-17(13-21-19)22-16-7-4-8-18(12-16)25-2/h3-13,22H,1-2H3,(H,23,24). The Kier molecular flexibility index (Phi) is 4.95. The van der Waals surface area contributed by atoms with Crippen molar-refractivity contribution < 1.29 is 9.53 Å². The van der Waals surface area contributed by atoms with Crippen LogP contribution in [0.4, 0.5) is 17.1 Å². The number of nitrogens with zero attached hydrogens (tertiary/aromatic N) is 1. The zero-order chi connectivity index (χ0) is 17.6. The van der Waals surface area contributed by atoms with Crippen LogP contribution in [0.1, 0.15) is 16.1 Å². The van der Waals surface area contributed by atoms with Crippen LogP contribution in [-0.2, 0) is 0 Å². The maximum Gasteiger partial charge on any atom is 0.274 e. The topological polar surface area (TPSA) is 63.2 Å². The lowest BCUT2D eigenvalue weighted by Crippen LogP contribution is -2.13. The first-order valence-electron chi connectivity index (χ1n) is 7.89. The predicted molar refractivity (Wildman–Crippen MR) is 99.6 cm³/mol. The maximum atomic E-state index is 12.3. The Morgan fingerprint density at radius 1 is 0.960 bits per heavy atom. The van der Waals surface area contributed by atoms with Crippen LogP contribution in [0.25, 0.3) is 0 Å². The van der Waals surface area contributed by atoms with Crippen molar-refractivity contribution in [3.8, 4) is 5.75 Å². The van der Waals surface area contributed by atoms with Gasteiger partial charge in [-0.05, 0) is 48.9 Å². The van der Waals surface area contributed by atoms with E-state index < -0.39 is 0 Å². The summed E-state index contributed by atoms with van der Waals surface area (Å²) in [5.74, 6) is 0.533. The molecule has 0 aliphatic heterocycles. The number of hydrogen-bond donors (Lipinski definition) is 2. The molecule has 0 bridgehead atoms. The summed E-state index contributed by atoms with van der Waals surface area (Å²) in [6.45, 7) is 1.98. The number of methoxy groups -OCH3 is 1. The average molecular weight is 333 g/mol. The Bertz CT molecular complexity index is 876. The van der Waals surface area contributed by atoms with E-state index in [1.54, 1.807) is 19.4 Å². The zero-order valence-electron chi connectivity index (χ0n) is 14.1. The van der Waals surface area contributed by atoms with Gasteiger partial charge in [-0.2, -0.15) is 0 Å². The van der Waals surface area contributed by atoms with Crippen LogP contribution in [0.5, 0.6) is 5.75 Å². The fourth-order valence-corrected chi connectivity index (χ4v) is 2.39. The lowest BCUT2D eigenvalue weighted by Gasteiger charge is -2.09. The quantitative estimate of drug-likeness (QED) is 0.727. The lowest BCUT2D eigenvalue weighted by atomic mass is 10.2. The van der Waals surface area contributed by atoms with Gasteiger partial charge < -0.3 is 15.4 Å². The highest BCUT2D eigenvalue weighted by molar-refractivity contribution is 6.03. The molecule has 0 saturated carbocycles. The molecule has 0 saturated heterocycles. The van der Waals surface area contributed by atoms with Gasteiger partial charge in [-0.25, -0.2) is 4.98 Å². The number of hydrogen-bond acceptors (Lipinski definition) is 4. The number of carbonyl (C=O) groups is 1. The van der Waals surface area contributed by atoms with Crippen LogP contribution >= 0.6 is 0 Å². The summed E-state index contributed by atoms with van der Waals surface area (Å²) in [6.07, 6.45) is 1.63. The molecule has 2 aromatic carbocycles. The average Bonchev–Trinajstić information content (AvgIpc) is 2.62. The second-order valence-electron chi connectivity index (χ2n) is 5.61. The molecule has 2 N–H and O–H groups in total. The van der Waals surface area contributed by atoms with Gasteiger partial charge in [0.05, 0.1) is 19.0 Å². The third-order valence-electron chi connectivity index (χ3n) is 3.63. The first-order valence-corrected chi connectivity index (χ1v) is 7.89. The normalized spacial score (nSPS) is 10.2. The Hall–Kier alpha value is -3.34. The SMILES string of the molecule is COc1cccc(Nc2ccc(C(=O)Nc3cccc(C)c3)nc2)c1. The minimum Gasteiger partial charge on any atom is -0.497 e. The molecule has 1 aromatic heterocycles. The summed E-state index contributed by atoms with van der Waals surface area (Å²) in [4.78, 5) is 16.5. The van der Waals surface area contributed by atoms with Crippen molar-refractivity contribution >= 4 is 23.0 Å². The van der Waals surface area contributed by atoms with Crippen molar-refractivity contribution in [1.29, 1.82) is 0 Å². The number of carbonyl (C=O) groups excluding carboxylic acids is 1. The molecule has 1 amide bonds. The summed E-state index contributed by atoms with van der Waals surface area (Å²) >= 11 is 0. The predicted octanol–water partition coefficient (Wildman–Crippen LogP) is 4.39. The van der Waals surface area contributed by atoms with Crippen LogP contribution in [0.15, 0.2) is 66.9 Å². The molecule has 25 heavy (non-hydrogen) atoms. The van der Waals surface area contributed by atoms with Gasteiger partial charge in [0.2, 0.25) is 0 Å². The Labute approximate surface area is 146 Å². The first-order chi connectivity index (χ1) is 12.1. The van der Waals surface area contributed by atoms with Crippen LogP contribution < -0.4 is 15.4 Å². The van der Waals surface area contributed by atoms with E-state index in [0.717, 1.165) is 28.4 Å². The Morgan fingerprint density at radius 2 is 1.76 bits per heavy atom. The van der Waals surface area contributed by atoms with Crippen LogP contribution in [0, 0.1) is 6.92 Å². The van der Waals surface area contributed by atoms with E-state index in [9.17, 15) is 4.79 Å². The second-order valence-corrected chi connectivity index (χ2v) is 5.61. The van der Waals surface area contributed by atoms with Gasteiger partial charge in [-0.15, -0.1) is 0 Å². The van der Waals surface area contributed by atoms with Crippen LogP contribution in [0.2, 0.25) is 0 Å².